The van der Waals surface area contributed by atoms with Crippen molar-refractivity contribution < 1.29 is 14.4 Å². The van der Waals surface area contributed by atoms with E-state index in [1.165, 1.54) is 11.8 Å². The van der Waals surface area contributed by atoms with Crippen LogP contribution in [0.2, 0.25) is 5.15 Å². The Morgan fingerprint density at radius 1 is 1.03 bits per heavy atom. The number of carbonyl (C=O) groups is 3. The molecule has 37 heavy (non-hydrogen) atoms. The van der Waals surface area contributed by atoms with E-state index in [1.54, 1.807) is 29.2 Å². The van der Waals surface area contributed by atoms with Crippen molar-refractivity contribution in [2.24, 2.45) is 0 Å². The Balaban J connectivity index is 1.25. The van der Waals surface area contributed by atoms with Crippen molar-refractivity contribution in [1.82, 2.24) is 14.8 Å². The monoisotopic (exact) mass is 516 g/mol. The van der Waals surface area contributed by atoms with Gasteiger partial charge in [-0.15, -0.1) is 0 Å². The molecular formula is C29H29ClN4O3. The molecule has 1 fully saturated rings. The number of nitrogens with zero attached hydrogens (tertiary/aromatic N) is 3. The van der Waals surface area contributed by atoms with Crippen molar-refractivity contribution in [2.75, 3.05) is 25.5 Å². The van der Waals surface area contributed by atoms with Gasteiger partial charge in [0.05, 0.1) is 11.6 Å². The topological polar surface area (TPSA) is 82.6 Å². The maximum atomic E-state index is 13.3. The van der Waals surface area contributed by atoms with Gasteiger partial charge in [-0.25, -0.2) is 4.98 Å². The number of likely N-dealkylation sites (tertiary alicyclic amines) is 1. The van der Waals surface area contributed by atoms with Crippen LogP contribution in [0.15, 0.2) is 54.7 Å². The summed E-state index contributed by atoms with van der Waals surface area (Å²) in [6.45, 7) is 5.25. The van der Waals surface area contributed by atoms with Crippen molar-refractivity contribution in [3.8, 4) is 0 Å². The summed E-state index contributed by atoms with van der Waals surface area (Å²) in [5.41, 5.74) is 5.50. The van der Waals surface area contributed by atoms with Gasteiger partial charge in [0.2, 0.25) is 0 Å². The van der Waals surface area contributed by atoms with E-state index in [0.29, 0.717) is 41.0 Å². The predicted molar refractivity (Wildman–Crippen MR) is 143 cm³/mol. The van der Waals surface area contributed by atoms with Crippen LogP contribution in [0.5, 0.6) is 0 Å². The quantitative estimate of drug-likeness (QED) is 0.467. The van der Waals surface area contributed by atoms with E-state index >= 15 is 0 Å². The number of amides is 3. The number of aromatic nitrogens is 1. The summed E-state index contributed by atoms with van der Waals surface area (Å²) in [6, 6.07) is 14.8. The van der Waals surface area contributed by atoms with E-state index < -0.39 is 0 Å². The van der Waals surface area contributed by atoms with Gasteiger partial charge in [0.15, 0.2) is 0 Å². The summed E-state index contributed by atoms with van der Waals surface area (Å²) in [5.74, 6) is 0.0718. The van der Waals surface area contributed by atoms with Crippen molar-refractivity contribution in [2.45, 2.75) is 38.6 Å². The second-order valence-corrected chi connectivity index (χ2v) is 10.2. The summed E-state index contributed by atoms with van der Waals surface area (Å²) in [5, 5.41) is 3.20. The standard InChI is InChI=1S/C29H29ClN4O3/c1-17-4-5-21(15-25(17)32-27(35)22-7-9-26(30)31-16-22)28(36)34-12-10-19(11-13-34)20-6-8-23-24(14-20)18(2)33(3)29(23)37/h4-9,14-16,18-19H,10-13H2,1-3H3,(H,32,35). The predicted octanol–water partition coefficient (Wildman–Crippen LogP) is 5.46. The average molecular weight is 517 g/mol. The van der Waals surface area contributed by atoms with Gasteiger partial charge < -0.3 is 15.1 Å². The van der Waals surface area contributed by atoms with Crippen LogP contribution in [0.25, 0.3) is 0 Å². The van der Waals surface area contributed by atoms with Crippen LogP contribution in [0.1, 0.15) is 79.5 Å². The molecule has 1 atom stereocenters. The van der Waals surface area contributed by atoms with E-state index in [2.05, 4.69) is 29.4 Å². The Labute approximate surface area is 221 Å². The number of hydrogen-bond acceptors (Lipinski definition) is 4. The summed E-state index contributed by atoms with van der Waals surface area (Å²) < 4.78 is 0. The highest BCUT2D eigenvalue weighted by atomic mass is 35.5. The Bertz CT molecular complexity index is 1380. The number of piperidine rings is 1. The second-order valence-electron chi connectivity index (χ2n) is 9.86. The number of pyridine rings is 1. The number of nitrogens with one attached hydrogen (secondary N) is 1. The molecule has 0 saturated carbocycles. The van der Waals surface area contributed by atoms with E-state index in [1.807, 2.05) is 31.0 Å². The minimum atomic E-state index is -0.311. The summed E-state index contributed by atoms with van der Waals surface area (Å²) in [4.78, 5) is 46.0. The van der Waals surface area contributed by atoms with Crippen LogP contribution < -0.4 is 5.32 Å². The lowest BCUT2D eigenvalue weighted by atomic mass is 9.87. The lowest BCUT2D eigenvalue weighted by Gasteiger charge is -2.32. The molecule has 3 amide bonds. The lowest BCUT2D eigenvalue weighted by Crippen LogP contribution is -2.38. The molecule has 0 spiro atoms. The zero-order valence-electron chi connectivity index (χ0n) is 21.1. The van der Waals surface area contributed by atoms with Crippen LogP contribution in [0, 0.1) is 6.92 Å². The number of carbonyl (C=O) groups excluding carboxylic acids is 3. The second kappa shape index (κ2) is 9.98. The van der Waals surface area contributed by atoms with Gasteiger partial charge in [-0.1, -0.05) is 29.8 Å². The first-order valence-electron chi connectivity index (χ1n) is 12.5. The first kappa shape index (κ1) is 25.0. The number of hydrogen-bond donors (Lipinski definition) is 1. The molecule has 1 aromatic heterocycles. The van der Waals surface area contributed by atoms with Crippen LogP contribution in [0.4, 0.5) is 5.69 Å². The number of benzene rings is 2. The Morgan fingerprint density at radius 3 is 2.46 bits per heavy atom. The first-order chi connectivity index (χ1) is 17.7. The molecule has 3 heterocycles. The molecule has 2 aliphatic rings. The number of fused-ring (bicyclic) bond motifs is 1. The molecule has 3 aromatic rings. The molecule has 1 unspecified atom stereocenters. The minimum Gasteiger partial charge on any atom is -0.339 e. The number of rotatable bonds is 4. The molecule has 190 valence electrons. The molecule has 2 aromatic carbocycles. The Hall–Kier alpha value is -3.71. The molecule has 0 radical (unpaired) electrons. The maximum absolute atomic E-state index is 13.3. The Kier molecular flexibility index (Phi) is 6.73. The van der Waals surface area contributed by atoms with Gasteiger partial charge >= 0.3 is 0 Å². The van der Waals surface area contributed by atoms with Crippen molar-refractivity contribution in [3.63, 3.8) is 0 Å². The van der Waals surface area contributed by atoms with E-state index in [4.69, 9.17) is 11.6 Å². The highest BCUT2D eigenvalue weighted by Crippen LogP contribution is 2.36. The summed E-state index contributed by atoms with van der Waals surface area (Å²) >= 11 is 5.81. The minimum absolute atomic E-state index is 0.0445. The van der Waals surface area contributed by atoms with Crippen LogP contribution in [-0.2, 0) is 0 Å². The molecule has 8 heteroatoms. The van der Waals surface area contributed by atoms with E-state index in [0.717, 1.165) is 29.5 Å². The highest BCUT2D eigenvalue weighted by Gasteiger charge is 2.32. The van der Waals surface area contributed by atoms with Gasteiger partial charge in [0, 0.05) is 43.1 Å². The molecular weight excluding hydrogens is 488 g/mol. The summed E-state index contributed by atoms with van der Waals surface area (Å²) in [6.07, 6.45) is 3.15. The average Bonchev–Trinajstić information content (AvgIpc) is 3.13. The lowest BCUT2D eigenvalue weighted by molar-refractivity contribution is 0.0712. The maximum Gasteiger partial charge on any atom is 0.257 e. The first-order valence-corrected chi connectivity index (χ1v) is 12.8. The van der Waals surface area contributed by atoms with Crippen LogP contribution in [-0.4, -0.2) is 52.6 Å². The van der Waals surface area contributed by atoms with Crippen molar-refractivity contribution in [1.29, 1.82) is 0 Å². The van der Waals surface area contributed by atoms with Crippen molar-refractivity contribution in [3.05, 3.63) is 93.3 Å². The third kappa shape index (κ3) is 4.83. The zero-order chi connectivity index (χ0) is 26.3. The Morgan fingerprint density at radius 2 is 1.76 bits per heavy atom. The van der Waals surface area contributed by atoms with E-state index in [-0.39, 0.29) is 23.8 Å². The van der Waals surface area contributed by atoms with Gasteiger partial charge in [-0.05, 0) is 79.6 Å². The smallest absolute Gasteiger partial charge is 0.257 e. The van der Waals surface area contributed by atoms with Crippen LogP contribution >= 0.6 is 11.6 Å². The zero-order valence-corrected chi connectivity index (χ0v) is 21.9. The molecule has 0 aliphatic carbocycles. The normalized spacial score (nSPS) is 17.6. The van der Waals surface area contributed by atoms with E-state index in [9.17, 15) is 14.4 Å². The molecule has 7 nitrogen and oxygen atoms in total. The number of halogens is 1. The van der Waals surface area contributed by atoms with Gasteiger partial charge in [0.25, 0.3) is 17.7 Å². The number of aryl methyl sites for hydroxylation is 1. The SMILES string of the molecule is Cc1ccc(C(=O)N2CCC(c3ccc4c(c3)C(C)N(C)C4=O)CC2)cc1NC(=O)c1ccc(Cl)nc1. The molecule has 1 saturated heterocycles. The largest absolute Gasteiger partial charge is 0.339 e. The van der Waals surface area contributed by atoms with Crippen LogP contribution in [0.3, 0.4) is 0 Å². The third-order valence-corrected chi connectivity index (χ3v) is 7.86. The van der Waals surface area contributed by atoms with Gasteiger partial charge in [-0.3, -0.25) is 14.4 Å². The molecule has 0 bridgehead atoms. The van der Waals surface area contributed by atoms with Gasteiger partial charge in [-0.2, -0.15) is 0 Å². The number of anilines is 1. The molecule has 2 aliphatic heterocycles. The fraction of sp³-hybridized carbons (Fsp3) is 0.310. The molecule has 5 rings (SSSR count). The summed E-state index contributed by atoms with van der Waals surface area (Å²) in [7, 11) is 1.84. The molecule has 1 N–H and O–H groups in total. The third-order valence-electron chi connectivity index (χ3n) is 7.63. The fourth-order valence-electron chi connectivity index (χ4n) is 5.14. The highest BCUT2D eigenvalue weighted by molar-refractivity contribution is 6.29. The van der Waals surface area contributed by atoms with Gasteiger partial charge in [0.1, 0.15) is 5.15 Å². The fourth-order valence-corrected chi connectivity index (χ4v) is 5.25. The van der Waals surface area contributed by atoms with Crippen molar-refractivity contribution >= 4 is 35.0 Å².